The Kier molecular flexibility index (Phi) is 8.20. The second kappa shape index (κ2) is 11.8. The summed E-state index contributed by atoms with van der Waals surface area (Å²) in [6.45, 7) is 0.665. The molecule has 0 unspecified atom stereocenters. The first-order chi connectivity index (χ1) is 20.1. The molecule has 0 spiro atoms. The standard InChI is InChI=1S/C30H32F2N4O6/c1-3-5-20-15-30(31,32)16-24(36(20)28(39)23-14-21-22(35-23)6-4-7-25(21)41-2)27(38)34-19(12-17-8-10-33-26(17)37)13-18-9-11-42-29(18)40/h1,4,6-7,13-14,17,19-20,24,35H,5,8-12,15-16H2,2H3,(H,33,37)(H,34,38)/b18-13+/t17-,19-,20-,24-/m0/s1. The van der Waals surface area contributed by atoms with Crippen molar-refractivity contribution in [2.75, 3.05) is 20.3 Å². The fourth-order valence-corrected chi connectivity index (χ4v) is 6.02. The number of cyclic esters (lactones) is 1. The maximum atomic E-state index is 15.1. The first kappa shape index (κ1) is 29.1. The normalized spacial score (nSPS) is 25.1. The van der Waals surface area contributed by atoms with Crippen molar-refractivity contribution >= 4 is 34.6 Å². The number of terminal acetylenes is 1. The van der Waals surface area contributed by atoms with Gasteiger partial charge < -0.3 is 30.0 Å². The van der Waals surface area contributed by atoms with Crippen LogP contribution in [0.15, 0.2) is 35.9 Å². The summed E-state index contributed by atoms with van der Waals surface area (Å²) in [7, 11) is 1.49. The van der Waals surface area contributed by atoms with Gasteiger partial charge in [0.1, 0.15) is 17.5 Å². The van der Waals surface area contributed by atoms with Crippen LogP contribution < -0.4 is 15.4 Å². The van der Waals surface area contributed by atoms with Crippen molar-refractivity contribution in [1.82, 2.24) is 20.5 Å². The average molecular weight is 583 g/mol. The van der Waals surface area contributed by atoms with Gasteiger partial charge in [0, 0.05) is 66.7 Å². The number of methoxy groups -OCH3 is 1. The number of ether oxygens (including phenoxy) is 2. The molecule has 0 saturated carbocycles. The number of piperidine rings is 1. The number of hydrogen-bond donors (Lipinski definition) is 3. The van der Waals surface area contributed by atoms with Gasteiger partial charge in [-0.1, -0.05) is 12.1 Å². The highest BCUT2D eigenvalue weighted by Gasteiger charge is 2.50. The number of fused-ring (bicyclic) bond motifs is 1. The van der Waals surface area contributed by atoms with Gasteiger partial charge in [-0.2, -0.15) is 0 Å². The quantitative estimate of drug-likeness (QED) is 0.249. The third kappa shape index (κ3) is 5.95. The van der Waals surface area contributed by atoms with E-state index in [0.717, 1.165) is 4.90 Å². The molecule has 12 heteroatoms. The number of halogens is 2. The van der Waals surface area contributed by atoms with Crippen LogP contribution in [0.25, 0.3) is 10.9 Å². The highest BCUT2D eigenvalue weighted by molar-refractivity contribution is 6.02. The van der Waals surface area contributed by atoms with E-state index >= 15 is 8.78 Å². The first-order valence-corrected chi connectivity index (χ1v) is 13.9. The zero-order chi connectivity index (χ0) is 30.0. The van der Waals surface area contributed by atoms with Crippen molar-refractivity contribution in [3.63, 3.8) is 0 Å². The van der Waals surface area contributed by atoms with E-state index in [2.05, 4.69) is 21.5 Å². The molecule has 4 heterocycles. The van der Waals surface area contributed by atoms with E-state index in [9.17, 15) is 19.2 Å². The lowest BCUT2D eigenvalue weighted by atomic mass is 9.89. The summed E-state index contributed by atoms with van der Waals surface area (Å²) in [5, 5.41) is 6.10. The molecule has 222 valence electrons. The molecule has 3 aliphatic rings. The van der Waals surface area contributed by atoms with Crippen LogP contribution in [0.5, 0.6) is 5.75 Å². The number of nitrogens with one attached hydrogen (secondary N) is 3. The first-order valence-electron chi connectivity index (χ1n) is 13.9. The Morgan fingerprint density at radius 3 is 2.81 bits per heavy atom. The molecule has 3 fully saturated rings. The van der Waals surface area contributed by atoms with Crippen molar-refractivity contribution in [1.29, 1.82) is 0 Å². The topological polar surface area (TPSA) is 130 Å². The highest BCUT2D eigenvalue weighted by atomic mass is 19.3. The van der Waals surface area contributed by atoms with Crippen LogP contribution in [0, 0.1) is 18.3 Å². The number of rotatable bonds is 8. The molecule has 3 saturated heterocycles. The van der Waals surface area contributed by atoms with E-state index < -0.39 is 60.6 Å². The van der Waals surface area contributed by atoms with Crippen molar-refractivity contribution in [2.45, 2.75) is 62.6 Å². The van der Waals surface area contributed by atoms with E-state index in [0.29, 0.717) is 41.6 Å². The molecule has 0 aliphatic carbocycles. The van der Waals surface area contributed by atoms with Crippen molar-refractivity contribution < 1.29 is 37.4 Å². The molecule has 42 heavy (non-hydrogen) atoms. The second-order valence-electron chi connectivity index (χ2n) is 10.9. The summed E-state index contributed by atoms with van der Waals surface area (Å²) in [6, 6.07) is 3.26. The molecule has 0 radical (unpaired) electrons. The van der Waals surface area contributed by atoms with Crippen molar-refractivity contribution in [3.8, 4) is 18.1 Å². The van der Waals surface area contributed by atoms with Crippen LogP contribution in [0.1, 0.15) is 49.0 Å². The number of aromatic nitrogens is 1. The van der Waals surface area contributed by atoms with Gasteiger partial charge in [0.05, 0.1) is 13.7 Å². The smallest absolute Gasteiger partial charge is 0.333 e. The molecular weight excluding hydrogens is 550 g/mol. The maximum Gasteiger partial charge on any atom is 0.333 e. The number of H-pyrrole nitrogens is 1. The summed E-state index contributed by atoms with van der Waals surface area (Å²) in [5.41, 5.74) is 1.02. The third-order valence-corrected chi connectivity index (χ3v) is 8.02. The predicted molar refractivity (Wildman–Crippen MR) is 148 cm³/mol. The van der Waals surface area contributed by atoms with Gasteiger partial charge in [0.15, 0.2) is 0 Å². The molecule has 2 aromatic rings. The minimum absolute atomic E-state index is 0.0922. The van der Waals surface area contributed by atoms with Crippen LogP contribution in [0.4, 0.5) is 8.78 Å². The number of carbonyl (C=O) groups is 4. The number of aromatic amines is 1. The number of benzene rings is 1. The van der Waals surface area contributed by atoms with Crippen molar-refractivity contribution in [2.24, 2.45) is 5.92 Å². The molecule has 3 N–H and O–H groups in total. The minimum Gasteiger partial charge on any atom is -0.496 e. The number of alkyl halides is 2. The summed E-state index contributed by atoms with van der Waals surface area (Å²) in [6.07, 6.45) is 6.24. The fraction of sp³-hybridized carbons (Fsp3) is 0.467. The summed E-state index contributed by atoms with van der Waals surface area (Å²) >= 11 is 0. The molecule has 4 atom stereocenters. The Bertz CT molecular complexity index is 1480. The fourth-order valence-electron chi connectivity index (χ4n) is 6.02. The van der Waals surface area contributed by atoms with E-state index in [1.165, 1.54) is 13.2 Å². The van der Waals surface area contributed by atoms with Gasteiger partial charge in [-0.25, -0.2) is 13.6 Å². The summed E-state index contributed by atoms with van der Waals surface area (Å²) < 4.78 is 40.5. The number of nitrogens with zero attached hydrogens (tertiary/aromatic N) is 1. The lowest BCUT2D eigenvalue weighted by molar-refractivity contribution is -0.140. The van der Waals surface area contributed by atoms with E-state index in [1.807, 2.05) is 0 Å². The third-order valence-electron chi connectivity index (χ3n) is 8.02. The number of hydrogen-bond acceptors (Lipinski definition) is 6. The van der Waals surface area contributed by atoms with Gasteiger partial charge in [-0.3, -0.25) is 14.4 Å². The molecule has 1 aromatic heterocycles. The Morgan fingerprint density at radius 2 is 2.14 bits per heavy atom. The minimum atomic E-state index is -3.27. The molecule has 5 rings (SSSR count). The number of carbonyl (C=O) groups excluding carboxylic acids is 4. The molecule has 0 bridgehead atoms. The SMILES string of the molecule is C#CC[C@H]1CC(F)(F)C[C@@H](C(=O)N[C@H](/C=C2\CCOC2=O)C[C@@H]2CCNC2=O)N1C(=O)c1cc2c(OC)cccc2[nH]1. The lowest BCUT2D eigenvalue weighted by Gasteiger charge is -2.44. The van der Waals surface area contributed by atoms with E-state index in [4.69, 9.17) is 15.9 Å². The van der Waals surface area contributed by atoms with Gasteiger partial charge in [0.25, 0.3) is 11.8 Å². The Labute approximate surface area is 241 Å². The highest BCUT2D eigenvalue weighted by Crippen LogP contribution is 2.38. The zero-order valence-corrected chi connectivity index (χ0v) is 23.1. The largest absolute Gasteiger partial charge is 0.496 e. The Hall–Kier alpha value is -4.40. The Morgan fingerprint density at radius 1 is 1.33 bits per heavy atom. The van der Waals surface area contributed by atoms with Gasteiger partial charge >= 0.3 is 5.97 Å². The molecular formula is C30H32F2N4O6. The number of likely N-dealkylation sites (tertiary alicyclic amines) is 1. The van der Waals surface area contributed by atoms with E-state index in [1.54, 1.807) is 24.3 Å². The Balaban J connectivity index is 1.47. The van der Waals surface area contributed by atoms with Crippen LogP contribution >= 0.6 is 0 Å². The van der Waals surface area contributed by atoms with Gasteiger partial charge in [-0.15, -0.1) is 12.3 Å². The summed E-state index contributed by atoms with van der Waals surface area (Å²) in [5.74, 6) is -3.03. The van der Waals surface area contributed by atoms with Crippen LogP contribution in [-0.4, -0.2) is 77.9 Å². The summed E-state index contributed by atoms with van der Waals surface area (Å²) in [4.78, 5) is 56.3. The second-order valence-corrected chi connectivity index (χ2v) is 10.9. The van der Waals surface area contributed by atoms with Crippen LogP contribution in [-0.2, 0) is 19.1 Å². The van der Waals surface area contributed by atoms with E-state index in [-0.39, 0.29) is 31.0 Å². The molecule has 1 aromatic carbocycles. The molecule has 3 aliphatic heterocycles. The predicted octanol–water partition coefficient (Wildman–Crippen LogP) is 2.69. The molecule has 3 amide bonds. The van der Waals surface area contributed by atoms with Crippen molar-refractivity contribution in [3.05, 3.63) is 41.6 Å². The van der Waals surface area contributed by atoms with Crippen LogP contribution in [0.2, 0.25) is 0 Å². The van der Waals surface area contributed by atoms with Crippen LogP contribution in [0.3, 0.4) is 0 Å². The maximum absolute atomic E-state index is 15.1. The average Bonchev–Trinajstić information content (AvgIpc) is 3.67. The lowest BCUT2D eigenvalue weighted by Crippen LogP contribution is -2.61. The molecule has 10 nitrogen and oxygen atoms in total. The zero-order valence-electron chi connectivity index (χ0n) is 23.1. The monoisotopic (exact) mass is 582 g/mol. The number of esters is 1. The van der Waals surface area contributed by atoms with Gasteiger partial charge in [0.2, 0.25) is 11.8 Å². The number of amides is 3. The van der Waals surface area contributed by atoms with Gasteiger partial charge in [-0.05, 0) is 31.0 Å².